The van der Waals surface area contributed by atoms with Crippen LogP contribution in [0.4, 0.5) is 0 Å². The quantitative estimate of drug-likeness (QED) is 0.701. The lowest BCUT2D eigenvalue weighted by Crippen LogP contribution is -2.27. The summed E-state index contributed by atoms with van der Waals surface area (Å²) in [5, 5.41) is 10.6. The van der Waals surface area contributed by atoms with Gasteiger partial charge in [0.2, 0.25) is 5.88 Å². The molecule has 22 heavy (non-hydrogen) atoms. The molecule has 0 unspecified atom stereocenters. The number of carbonyl (C=O) groups excluding carboxylic acids is 1. The first-order valence-electron chi connectivity index (χ1n) is 6.65. The van der Waals surface area contributed by atoms with E-state index in [9.17, 15) is 4.79 Å². The average molecular weight is 299 g/mol. The summed E-state index contributed by atoms with van der Waals surface area (Å²) in [6.07, 6.45) is 3.02. The largest absolute Gasteiger partial charge is 0.475 e. The minimum Gasteiger partial charge on any atom is -0.475 e. The molecule has 3 aromatic heterocycles. The van der Waals surface area contributed by atoms with Gasteiger partial charge in [-0.05, 0) is 30.3 Å². The van der Waals surface area contributed by atoms with E-state index in [1.54, 1.807) is 42.7 Å². The lowest BCUT2D eigenvalue weighted by Gasteiger charge is -2.05. The van der Waals surface area contributed by atoms with E-state index in [0.717, 1.165) is 0 Å². The maximum Gasteiger partial charge on any atom is 0.287 e. The standard InChI is InChI=1S/C15H13N3O4/c19-15(13-4-2-9-21-13)16-7-10-22-14-6-5-11(17-18-14)12-3-1-8-20-12/h1-6,8-9H,7,10H2,(H,16,19). The lowest BCUT2D eigenvalue weighted by atomic mass is 10.3. The van der Waals surface area contributed by atoms with E-state index < -0.39 is 0 Å². The van der Waals surface area contributed by atoms with Crippen molar-refractivity contribution in [3.05, 3.63) is 54.7 Å². The van der Waals surface area contributed by atoms with Gasteiger partial charge in [0.1, 0.15) is 12.3 Å². The third kappa shape index (κ3) is 3.32. The Kier molecular flexibility index (Phi) is 4.15. The number of hydrogen-bond donors (Lipinski definition) is 1. The van der Waals surface area contributed by atoms with Crippen LogP contribution in [0.25, 0.3) is 11.5 Å². The highest BCUT2D eigenvalue weighted by molar-refractivity contribution is 5.91. The minimum atomic E-state index is -0.284. The number of ether oxygens (including phenoxy) is 1. The van der Waals surface area contributed by atoms with Gasteiger partial charge in [0, 0.05) is 6.07 Å². The molecular formula is C15H13N3O4. The molecule has 0 atom stereocenters. The molecule has 0 aliphatic rings. The molecule has 0 aliphatic heterocycles. The van der Waals surface area contributed by atoms with Crippen LogP contribution in [0.1, 0.15) is 10.6 Å². The molecule has 3 aromatic rings. The van der Waals surface area contributed by atoms with Crippen molar-refractivity contribution in [2.45, 2.75) is 0 Å². The van der Waals surface area contributed by atoms with Gasteiger partial charge in [-0.25, -0.2) is 0 Å². The van der Waals surface area contributed by atoms with Crippen molar-refractivity contribution in [3.63, 3.8) is 0 Å². The Bertz CT molecular complexity index is 706. The minimum absolute atomic E-state index is 0.266. The lowest BCUT2D eigenvalue weighted by molar-refractivity contribution is 0.0919. The summed E-state index contributed by atoms with van der Waals surface area (Å²) < 4.78 is 15.6. The van der Waals surface area contributed by atoms with Gasteiger partial charge in [0.15, 0.2) is 11.5 Å². The Hall–Kier alpha value is -3.09. The van der Waals surface area contributed by atoms with Crippen LogP contribution in [-0.4, -0.2) is 29.3 Å². The number of rotatable bonds is 6. The third-order valence-corrected chi connectivity index (χ3v) is 2.80. The normalized spacial score (nSPS) is 10.4. The molecule has 0 fully saturated rings. The van der Waals surface area contributed by atoms with E-state index in [-0.39, 0.29) is 18.3 Å². The van der Waals surface area contributed by atoms with Crippen molar-refractivity contribution in [1.82, 2.24) is 15.5 Å². The van der Waals surface area contributed by atoms with Gasteiger partial charge in [-0.3, -0.25) is 4.79 Å². The van der Waals surface area contributed by atoms with Crippen molar-refractivity contribution < 1.29 is 18.4 Å². The zero-order valence-electron chi connectivity index (χ0n) is 11.6. The topological polar surface area (TPSA) is 90.4 Å². The van der Waals surface area contributed by atoms with Crippen molar-refractivity contribution in [2.75, 3.05) is 13.2 Å². The molecule has 1 amide bonds. The number of amides is 1. The Labute approximate surface area is 125 Å². The van der Waals surface area contributed by atoms with Gasteiger partial charge in [-0.2, -0.15) is 0 Å². The second-order valence-corrected chi connectivity index (χ2v) is 4.32. The molecule has 0 aliphatic carbocycles. The molecule has 0 bridgehead atoms. The fourth-order valence-corrected chi connectivity index (χ4v) is 1.77. The first-order chi connectivity index (χ1) is 10.8. The number of nitrogens with one attached hydrogen (secondary N) is 1. The molecule has 7 heteroatoms. The van der Waals surface area contributed by atoms with Gasteiger partial charge in [-0.15, -0.1) is 10.2 Å². The van der Waals surface area contributed by atoms with Crippen LogP contribution < -0.4 is 10.1 Å². The summed E-state index contributed by atoms with van der Waals surface area (Å²) in [6, 6.07) is 10.3. The fraction of sp³-hybridized carbons (Fsp3) is 0.133. The van der Waals surface area contributed by atoms with Crippen LogP contribution in [0.2, 0.25) is 0 Å². The van der Waals surface area contributed by atoms with Crippen LogP contribution >= 0.6 is 0 Å². The maximum atomic E-state index is 11.6. The summed E-state index contributed by atoms with van der Waals surface area (Å²) in [4.78, 5) is 11.6. The van der Waals surface area contributed by atoms with Crippen molar-refractivity contribution in [2.24, 2.45) is 0 Å². The van der Waals surface area contributed by atoms with E-state index in [4.69, 9.17) is 13.6 Å². The summed E-state index contributed by atoms with van der Waals surface area (Å²) in [5.74, 6) is 1.00. The Morgan fingerprint density at radius 2 is 1.95 bits per heavy atom. The zero-order chi connectivity index (χ0) is 15.2. The van der Waals surface area contributed by atoms with Crippen LogP contribution in [0.15, 0.2) is 57.8 Å². The van der Waals surface area contributed by atoms with Crippen LogP contribution in [0.3, 0.4) is 0 Å². The van der Waals surface area contributed by atoms with Gasteiger partial charge in [0.25, 0.3) is 5.91 Å². The molecule has 0 saturated carbocycles. The molecule has 1 N–H and O–H groups in total. The maximum absolute atomic E-state index is 11.6. The molecule has 112 valence electrons. The molecule has 7 nitrogen and oxygen atoms in total. The fourth-order valence-electron chi connectivity index (χ4n) is 1.77. The molecule has 0 spiro atoms. The first-order valence-corrected chi connectivity index (χ1v) is 6.65. The molecule has 3 heterocycles. The van der Waals surface area contributed by atoms with Crippen molar-refractivity contribution in [1.29, 1.82) is 0 Å². The summed E-state index contributed by atoms with van der Waals surface area (Å²) >= 11 is 0. The predicted octanol–water partition coefficient (Wildman–Crippen LogP) is 2.14. The van der Waals surface area contributed by atoms with Gasteiger partial charge >= 0.3 is 0 Å². The van der Waals surface area contributed by atoms with E-state index in [1.165, 1.54) is 6.26 Å². The van der Waals surface area contributed by atoms with E-state index in [2.05, 4.69) is 15.5 Å². The molecular weight excluding hydrogens is 286 g/mol. The highest BCUT2D eigenvalue weighted by atomic mass is 16.5. The van der Waals surface area contributed by atoms with Crippen molar-refractivity contribution >= 4 is 5.91 Å². The highest BCUT2D eigenvalue weighted by Crippen LogP contribution is 2.17. The number of carbonyl (C=O) groups is 1. The SMILES string of the molecule is O=C(NCCOc1ccc(-c2ccco2)nn1)c1ccco1. The van der Waals surface area contributed by atoms with Gasteiger partial charge < -0.3 is 18.9 Å². The molecule has 0 saturated heterocycles. The third-order valence-electron chi connectivity index (χ3n) is 2.80. The predicted molar refractivity (Wildman–Crippen MR) is 76.3 cm³/mol. The average Bonchev–Trinajstić information content (AvgIpc) is 3.25. The smallest absolute Gasteiger partial charge is 0.287 e. The number of nitrogens with zero attached hydrogens (tertiary/aromatic N) is 2. The number of aromatic nitrogens is 2. The van der Waals surface area contributed by atoms with Crippen LogP contribution in [0.5, 0.6) is 5.88 Å². The highest BCUT2D eigenvalue weighted by Gasteiger charge is 2.07. The Morgan fingerprint density at radius 3 is 2.64 bits per heavy atom. The molecule has 0 aromatic carbocycles. The van der Waals surface area contributed by atoms with Crippen molar-refractivity contribution in [3.8, 4) is 17.3 Å². The van der Waals surface area contributed by atoms with Crippen LogP contribution in [-0.2, 0) is 0 Å². The summed E-state index contributed by atoms with van der Waals surface area (Å²) in [5.41, 5.74) is 0.628. The monoisotopic (exact) mass is 299 g/mol. The first kappa shape index (κ1) is 13.9. The Morgan fingerprint density at radius 1 is 1.09 bits per heavy atom. The Balaban J connectivity index is 1.45. The zero-order valence-corrected chi connectivity index (χ0v) is 11.6. The van der Waals surface area contributed by atoms with Gasteiger partial charge in [-0.1, -0.05) is 0 Å². The van der Waals surface area contributed by atoms with Gasteiger partial charge in [0.05, 0.1) is 19.1 Å². The van der Waals surface area contributed by atoms with Crippen LogP contribution in [0, 0.1) is 0 Å². The molecule has 0 radical (unpaired) electrons. The summed E-state index contributed by atoms with van der Waals surface area (Å²) in [6.45, 7) is 0.613. The number of hydrogen-bond acceptors (Lipinski definition) is 6. The van der Waals surface area contributed by atoms with E-state index >= 15 is 0 Å². The second-order valence-electron chi connectivity index (χ2n) is 4.32. The number of furan rings is 2. The van der Waals surface area contributed by atoms with E-state index in [0.29, 0.717) is 23.9 Å². The van der Waals surface area contributed by atoms with E-state index in [1.807, 2.05) is 0 Å². The second kappa shape index (κ2) is 6.57. The summed E-state index contributed by atoms with van der Waals surface area (Å²) in [7, 11) is 0. The molecule has 3 rings (SSSR count).